The summed E-state index contributed by atoms with van der Waals surface area (Å²) in [5, 5.41) is 0.216. The zero-order chi connectivity index (χ0) is 18.0. The fourth-order valence-corrected chi connectivity index (χ4v) is 3.44. The number of nitrogens with zero attached hydrogens (tertiary/aromatic N) is 1. The predicted molar refractivity (Wildman–Crippen MR) is 94.2 cm³/mol. The van der Waals surface area contributed by atoms with Gasteiger partial charge >= 0.3 is 0 Å². The van der Waals surface area contributed by atoms with Crippen molar-refractivity contribution in [2.75, 3.05) is 27.3 Å². The van der Waals surface area contributed by atoms with Crippen molar-refractivity contribution in [1.29, 1.82) is 0 Å². The lowest BCUT2D eigenvalue weighted by Crippen LogP contribution is -2.28. The number of carbonyl (C=O) groups excluding carboxylic acids is 1. The van der Waals surface area contributed by atoms with E-state index in [4.69, 9.17) is 21.1 Å². The van der Waals surface area contributed by atoms with E-state index in [9.17, 15) is 9.18 Å². The largest absolute Gasteiger partial charge is 0.497 e. The number of carbonyl (C=O) groups is 1. The van der Waals surface area contributed by atoms with Crippen molar-refractivity contribution in [3.8, 4) is 11.5 Å². The maximum absolute atomic E-state index is 13.5. The van der Waals surface area contributed by atoms with E-state index in [1.54, 1.807) is 19.1 Å². The van der Waals surface area contributed by atoms with Gasteiger partial charge in [0.05, 0.1) is 14.2 Å². The van der Waals surface area contributed by atoms with Gasteiger partial charge in [-0.15, -0.1) is 0 Å². The first-order valence-electron chi connectivity index (χ1n) is 7.99. The van der Waals surface area contributed by atoms with Gasteiger partial charge in [-0.05, 0) is 42.8 Å². The second-order valence-electron chi connectivity index (χ2n) is 6.00. The highest BCUT2D eigenvalue weighted by molar-refractivity contribution is 6.31. The van der Waals surface area contributed by atoms with Gasteiger partial charge in [0.1, 0.15) is 17.3 Å². The summed E-state index contributed by atoms with van der Waals surface area (Å²) in [7, 11) is 3.24. The van der Waals surface area contributed by atoms with Gasteiger partial charge in [-0.1, -0.05) is 11.6 Å². The van der Waals surface area contributed by atoms with E-state index in [0.29, 0.717) is 13.1 Å². The molecule has 1 amide bonds. The molecule has 0 bridgehead atoms. The van der Waals surface area contributed by atoms with E-state index in [1.165, 1.54) is 18.2 Å². The molecule has 25 heavy (non-hydrogen) atoms. The van der Waals surface area contributed by atoms with Gasteiger partial charge in [0.2, 0.25) is 0 Å². The van der Waals surface area contributed by atoms with Gasteiger partial charge in [-0.3, -0.25) is 4.79 Å². The number of benzene rings is 2. The second kappa shape index (κ2) is 7.31. The highest BCUT2D eigenvalue weighted by Gasteiger charge is 2.30. The van der Waals surface area contributed by atoms with Crippen molar-refractivity contribution in [2.24, 2.45) is 0 Å². The molecule has 4 nitrogen and oxygen atoms in total. The normalized spacial score (nSPS) is 16.8. The van der Waals surface area contributed by atoms with Crippen LogP contribution in [-0.4, -0.2) is 38.1 Å². The quantitative estimate of drug-likeness (QED) is 0.820. The summed E-state index contributed by atoms with van der Waals surface area (Å²) in [6.07, 6.45) is 0.804. The lowest BCUT2D eigenvalue weighted by Gasteiger charge is -2.18. The van der Waals surface area contributed by atoms with Crippen LogP contribution in [0.3, 0.4) is 0 Å². The number of hydrogen-bond acceptors (Lipinski definition) is 3. The summed E-state index contributed by atoms with van der Waals surface area (Å²) in [5.41, 5.74) is 1.28. The monoisotopic (exact) mass is 363 g/mol. The van der Waals surface area contributed by atoms with Crippen molar-refractivity contribution in [1.82, 2.24) is 4.90 Å². The number of hydrogen-bond donors (Lipinski definition) is 0. The first-order valence-corrected chi connectivity index (χ1v) is 8.37. The third-order valence-corrected chi connectivity index (χ3v) is 4.68. The molecule has 0 unspecified atom stereocenters. The van der Waals surface area contributed by atoms with Crippen LogP contribution in [0.5, 0.6) is 11.5 Å². The molecular weight excluding hydrogens is 345 g/mol. The lowest BCUT2D eigenvalue weighted by atomic mass is 9.97. The maximum Gasteiger partial charge on any atom is 0.254 e. The molecule has 0 spiro atoms. The van der Waals surface area contributed by atoms with Crippen LogP contribution in [0, 0.1) is 5.82 Å². The minimum Gasteiger partial charge on any atom is -0.497 e. The molecule has 132 valence electrons. The minimum atomic E-state index is -0.513. The summed E-state index contributed by atoms with van der Waals surface area (Å²) in [6, 6.07) is 9.54. The van der Waals surface area contributed by atoms with Crippen molar-refractivity contribution < 1.29 is 18.7 Å². The molecule has 1 aliphatic heterocycles. The Kier molecular flexibility index (Phi) is 5.13. The van der Waals surface area contributed by atoms with Gasteiger partial charge in [0.25, 0.3) is 5.91 Å². The Morgan fingerprint density at radius 1 is 1.20 bits per heavy atom. The van der Waals surface area contributed by atoms with E-state index in [1.807, 2.05) is 18.2 Å². The SMILES string of the molecule is COc1ccc(OC)c([C@@H]2CCN(C(=O)c3cc(F)cc(Cl)c3)C2)c1. The smallest absolute Gasteiger partial charge is 0.254 e. The molecule has 1 heterocycles. The van der Waals surface area contributed by atoms with Crippen molar-refractivity contribution >= 4 is 17.5 Å². The van der Waals surface area contributed by atoms with Crippen LogP contribution in [0.25, 0.3) is 0 Å². The van der Waals surface area contributed by atoms with Gasteiger partial charge in [0.15, 0.2) is 0 Å². The number of ether oxygens (including phenoxy) is 2. The Morgan fingerprint density at radius 3 is 2.68 bits per heavy atom. The number of rotatable bonds is 4. The summed E-state index contributed by atoms with van der Waals surface area (Å²) in [5.74, 6) is 0.927. The summed E-state index contributed by atoms with van der Waals surface area (Å²) >= 11 is 5.86. The molecule has 2 aromatic carbocycles. The van der Waals surface area contributed by atoms with Gasteiger partial charge in [-0.2, -0.15) is 0 Å². The molecule has 3 rings (SSSR count). The molecule has 0 N–H and O–H groups in total. The van der Waals surface area contributed by atoms with Crippen LogP contribution in [0.4, 0.5) is 4.39 Å². The highest BCUT2D eigenvalue weighted by atomic mass is 35.5. The van der Waals surface area contributed by atoms with Crippen LogP contribution in [0.15, 0.2) is 36.4 Å². The molecule has 2 aromatic rings. The average Bonchev–Trinajstić information content (AvgIpc) is 3.09. The fourth-order valence-electron chi connectivity index (χ4n) is 3.22. The molecule has 0 aromatic heterocycles. The highest BCUT2D eigenvalue weighted by Crippen LogP contribution is 2.36. The van der Waals surface area contributed by atoms with Crippen molar-refractivity contribution in [3.05, 3.63) is 58.4 Å². The second-order valence-corrected chi connectivity index (χ2v) is 6.44. The third kappa shape index (κ3) is 3.71. The Morgan fingerprint density at radius 2 is 2.00 bits per heavy atom. The van der Waals surface area contributed by atoms with Crippen LogP contribution >= 0.6 is 11.6 Å². The number of likely N-dealkylation sites (tertiary alicyclic amines) is 1. The molecule has 1 fully saturated rings. The Labute approximate surface area is 151 Å². The summed E-state index contributed by atoms with van der Waals surface area (Å²) in [4.78, 5) is 14.4. The van der Waals surface area contributed by atoms with Gasteiger partial charge in [0, 0.05) is 35.2 Å². The van der Waals surface area contributed by atoms with E-state index in [0.717, 1.165) is 23.5 Å². The minimum absolute atomic E-state index is 0.137. The number of halogens is 2. The van der Waals surface area contributed by atoms with E-state index >= 15 is 0 Å². The molecule has 0 saturated carbocycles. The zero-order valence-electron chi connectivity index (χ0n) is 14.1. The van der Waals surface area contributed by atoms with Crippen molar-refractivity contribution in [2.45, 2.75) is 12.3 Å². The number of amides is 1. The summed E-state index contributed by atoms with van der Waals surface area (Å²) < 4.78 is 24.2. The van der Waals surface area contributed by atoms with Crippen LogP contribution < -0.4 is 9.47 Å². The lowest BCUT2D eigenvalue weighted by molar-refractivity contribution is 0.0790. The first-order chi connectivity index (χ1) is 12.0. The Balaban J connectivity index is 1.81. The number of methoxy groups -OCH3 is 2. The fraction of sp³-hybridized carbons (Fsp3) is 0.316. The van der Waals surface area contributed by atoms with Crippen molar-refractivity contribution in [3.63, 3.8) is 0 Å². The standard InChI is InChI=1S/C19H19ClFNO3/c1-24-16-3-4-18(25-2)17(10-16)12-5-6-22(11-12)19(23)13-7-14(20)9-15(21)8-13/h3-4,7-10,12H,5-6,11H2,1-2H3/t12-/m1/s1. The third-order valence-electron chi connectivity index (χ3n) is 4.46. The van der Waals surface area contributed by atoms with Gasteiger partial charge < -0.3 is 14.4 Å². The Hall–Kier alpha value is -2.27. The topological polar surface area (TPSA) is 38.8 Å². The van der Waals surface area contributed by atoms with E-state index in [2.05, 4.69) is 0 Å². The molecule has 1 atom stereocenters. The molecule has 0 radical (unpaired) electrons. The maximum atomic E-state index is 13.5. The van der Waals surface area contributed by atoms with Crippen LogP contribution in [-0.2, 0) is 0 Å². The van der Waals surface area contributed by atoms with Crippen LogP contribution in [0.2, 0.25) is 5.02 Å². The van der Waals surface area contributed by atoms with E-state index < -0.39 is 5.82 Å². The van der Waals surface area contributed by atoms with Gasteiger partial charge in [-0.25, -0.2) is 4.39 Å². The molecular formula is C19H19ClFNO3. The predicted octanol–water partition coefficient (Wildman–Crippen LogP) is 4.13. The zero-order valence-corrected chi connectivity index (χ0v) is 14.8. The van der Waals surface area contributed by atoms with E-state index in [-0.39, 0.29) is 22.4 Å². The molecule has 6 heteroatoms. The molecule has 1 aliphatic rings. The molecule has 0 aliphatic carbocycles. The summed E-state index contributed by atoms with van der Waals surface area (Å²) in [6.45, 7) is 1.13. The Bertz CT molecular complexity index is 776. The molecule has 1 saturated heterocycles. The average molecular weight is 364 g/mol. The van der Waals surface area contributed by atoms with Crippen LogP contribution in [0.1, 0.15) is 28.3 Å². The first kappa shape index (κ1) is 17.5.